The van der Waals surface area contributed by atoms with Crippen molar-refractivity contribution in [2.45, 2.75) is 0 Å². The van der Waals surface area contributed by atoms with Crippen LogP contribution in [0.4, 0.5) is 16.2 Å². The molecule has 2 N–H and O–H groups in total. The van der Waals surface area contributed by atoms with E-state index in [0.717, 1.165) is 10.2 Å². The molecule has 22 heavy (non-hydrogen) atoms. The van der Waals surface area contributed by atoms with Gasteiger partial charge in [-0.05, 0) is 40.2 Å². The molecule has 3 aromatic rings. The standard InChI is InChI=1S/C16H13BrN4O/c17-12-5-1-2-6-13(12)19-16(22)20-14-7-3-4-8-15(14)21-10-9-18-11-21/h1-11H,(H2,19,20,22). The highest BCUT2D eigenvalue weighted by atomic mass is 79.9. The predicted octanol–water partition coefficient (Wildman–Crippen LogP) is 4.28. The minimum atomic E-state index is -0.306. The van der Waals surface area contributed by atoms with Crippen molar-refractivity contribution in [1.82, 2.24) is 9.55 Å². The van der Waals surface area contributed by atoms with Crippen LogP contribution < -0.4 is 10.6 Å². The lowest BCUT2D eigenvalue weighted by Gasteiger charge is -2.13. The molecule has 110 valence electrons. The van der Waals surface area contributed by atoms with Crippen LogP contribution in [-0.4, -0.2) is 15.6 Å². The van der Waals surface area contributed by atoms with E-state index in [2.05, 4.69) is 31.5 Å². The third kappa shape index (κ3) is 3.17. The summed E-state index contributed by atoms with van der Waals surface area (Å²) in [6.07, 6.45) is 5.20. The molecule has 2 aromatic carbocycles. The molecule has 0 unspecified atom stereocenters. The molecular weight excluding hydrogens is 344 g/mol. The number of amides is 2. The van der Waals surface area contributed by atoms with Gasteiger partial charge in [0.2, 0.25) is 0 Å². The number of carbonyl (C=O) groups excluding carboxylic acids is 1. The van der Waals surface area contributed by atoms with Gasteiger partial charge in [0, 0.05) is 16.9 Å². The SMILES string of the molecule is O=C(Nc1ccccc1Br)Nc1ccccc1-n1ccnc1. The fourth-order valence-electron chi connectivity index (χ4n) is 2.04. The van der Waals surface area contributed by atoms with E-state index in [9.17, 15) is 4.79 Å². The molecule has 1 heterocycles. The number of anilines is 2. The van der Waals surface area contributed by atoms with Crippen LogP contribution in [0.15, 0.2) is 71.7 Å². The van der Waals surface area contributed by atoms with Gasteiger partial charge in [-0.3, -0.25) is 0 Å². The Balaban J connectivity index is 1.79. The molecule has 1 aromatic heterocycles. The normalized spacial score (nSPS) is 10.2. The van der Waals surface area contributed by atoms with Crippen LogP contribution in [0.1, 0.15) is 0 Å². The molecule has 0 spiro atoms. The van der Waals surface area contributed by atoms with E-state index in [4.69, 9.17) is 0 Å². The molecule has 3 rings (SSSR count). The summed E-state index contributed by atoms with van der Waals surface area (Å²) in [6.45, 7) is 0. The van der Waals surface area contributed by atoms with Crippen LogP contribution in [-0.2, 0) is 0 Å². The second kappa shape index (κ2) is 6.44. The van der Waals surface area contributed by atoms with Gasteiger partial charge in [0.05, 0.1) is 23.4 Å². The number of halogens is 1. The van der Waals surface area contributed by atoms with Gasteiger partial charge in [0.25, 0.3) is 0 Å². The maximum Gasteiger partial charge on any atom is 0.323 e. The molecule has 5 nitrogen and oxygen atoms in total. The van der Waals surface area contributed by atoms with E-state index in [1.807, 2.05) is 59.3 Å². The zero-order valence-corrected chi connectivity index (χ0v) is 13.1. The Morgan fingerprint density at radius 3 is 2.41 bits per heavy atom. The summed E-state index contributed by atoms with van der Waals surface area (Å²) >= 11 is 3.40. The van der Waals surface area contributed by atoms with Crippen molar-refractivity contribution < 1.29 is 4.79 Å². The van der Waals surface area contributed by atoms with E-state index in [1.54, 1.807) is 12.5 Å². The molecule has 0 bridgehead atoms. The van der Waals surface area contributed by atoms with E-state index >= 15 is 0 Å². The first kappa shape index (κ1) is 14.3. The lowest BCUT2D eigenvalue weighted by Crippen LogP contribution is -2.20. The number of urea groups is 1. The quantitative estimate of drug-likeness (QED) is 0.735. The number of hydrogen-bond acceptors (Lipinski definition) is 2. The molecular formula is C16H13BrN4O. The van der Waals surface area contributed by atoms with Gasteiger partial charge in [0.1, 0.15) is 0 Å². The van der Waals surface area contributed by atoms with Crippen LogP contribution in [0, 0.1) is 0 Å². The monoisotopic (exact) mass is 356 g/mol. The summed E-state index contributed by atoms with van der Waals surface area (Å²) in [7, 11) is 0. The molecule has 0 aliphatic rings. The van der Waals surface area contributed by atoms with E-state index in [-0.39, 0.29) is 6.03 Å². The molecule has 0 aliphatic heterocycles. The molecule has 0 atom stereocenters. The molecule has 0 fully saturated rings. The van der Waals surface area contributed by atoms with Gasteiger partial charge in [-0.1, -0.05) is 24.3 Å². The van der Waals surface area contributed by atoms with Crippen molar-refractivity contribution in [3.05, 3.63) is 71.7 Å². The fraction of sp³-hybridized carbons (Fsp3) is 0. The number of nitrogens with one attached hydrogen (secondary N) is 2. The highest BCUT2D eigenvalue weighted by Crippen LogP contribution is 2.23. The number of imidazole rings is 1. The highest BCUT2D eigenvalue weighted by Gasteiger charge is 2.09. The van der Waals surface area contributed by atoms with Crippen molar-refractivity contribution in [3.63, 3.8) is 0 Å². The second-order valence-corrected chi connectivity index (χ2v) is 5.40. The third-order valence-corrected chi connectivity index (χ3v) is 3.75. The van der Waals surface area contributed by atoms with Gasteiger partial charge >= 0.3 is 6.03 Å². The minimum Gasteiger partial charge on any atom is -0.307 e. The number of aromatic nitrogens is 2. The van der Waals surface area contributed by atoms with Crippen molar-refractivity contribution in [2.24, 2.45) is 0 Å². The van der Waals surface area contributed by atoms with Crippen molar-refractivity contribution in [1.29, 1.82) is 0 Å². The zero-order valence-electron chi connectivity index (χ0n) is 11.5. The Morgan fingerprint density at radius 1 is 1.00 bits per heavy atom. The molecule has 0 saturated heterocycles. The third-order valence-electron chi connectivity index (χ3n) is 3.06. The molecule has 0 radical (unpaired) electrons. The van der Waals surface area contributed by atoms with Crippen LogP contribution in [0.25, 0.3) is 5.69 Å². The summed E-state index contributed by atoms with van der Waals surface area (Å²) in [6, 6.07) is 14.7. The molecule has 2 amide bonds. The van der Waals surface area contributed by atoms with E-state index in [0.29, 0.717) is 11.4 Å². The Kier molecular flexibility index (Phi) is 4.20. The van der Waals surface area contributed by atoms with E-state index in [1.165, 1.54) is 0 Å². The summed E-state index contributed by atoms with van der Waals surface area (Å²) < 4.78 is 2.67. The van der Waals surface area contributed by atoms with Gasteiger partial charge in [-0.25, -0.2) is 9.78 Å². The lowest BCUT2D eigenvalue weighted by molar-refractivity contribution is 0.262. The first-order chi connectivity index (χ1) is 10.7. The summed E-state index contributed by atoms with van der Waals surface area (Å²) in [5.74, 6) is 0. The Labute approximate surface area is 136 Å². The largest absolute Gasteiger partial charge is 0.323 e. The average molecular weight is 357 g/mol. The summed E-state index contributed by atoms with van der Waals surface area (Å²) in [5, 5.41) is 5.66. The van der Waals surface area contributed by atoms with Crippen molar-refractivity contribution >= 4 is 33.3 Å². The average Bonchev–Trinajstić information content (AvgIpc) is 3.04. The van der Waals surface area contributed by atoms with Crippen molar-refractivity contribution in [2.75, 3.05) is 10.6 Å². The Bertz CT molecular complexity index is 786. The molecule has 0 aliphatic carbocycles. The summed E-state index contributed by atoms with van der Waals surface area (Å²) in [5.41, 5.74) is 2.26. The first-order valence-corrected chi connectivity index (χ1v) is 7.43. The smallest absolute Gasteiger partial charge is 0.307 e. The number of para-hydroxylation sites is 3. The number of rotatable bonds is 3. The maximum absolute atomic E-state index is 12.2. The van der Waals surface area contributed by atoms with E-state index < -0.39 is 0 Å². The Morgan fingerprint density at radius 2 is 1.68 bits per heavy atom. The van der Waals surface area contributed by atoms with Gasteiger partial charge in [-0.15, -0.1) is 0 Å². The van der Waals surface area contributed by atoms with Crippen LogP contribution in [0.2, 0.25) is 0 Å². The highest BCUT2D eigenvalue weighted by molar-refractivity contribution is 9.10. The maximum atomic E-state index is 12.2. The molecule has 6 heteroatoms. The zero-order chi connectivity index (χ0) is 15.4. The van der Waals surface area contributed by atoms with Crippen LogP contribution in [0.5, 0.6) is 0 Å². The van der Waals surface area contributed by atoms with Crippen molar-refractivity contribution in [3.8, 4) is 5.69 Å². The van der Waals surface area contributed by atoms with Crippen LogP contribution in [0.3, 0.4) is 0 Å². The number of benzene rings is 2. The van der Waals surface area contributed by atoms with Gasteiger partial charge in [-0.2, -0.15) is 0 Å². The molecule has 0 saturated carbocycles. The lowest BCUT2D eigenvalue weighted by atomic mass is 10.2. The minimum absolute atomic E-state index is 0.306. The first-order valence-electron chi connectivity index (χ1n) is 6.64. The topological polar surface area (TPSA) is 59.0 Å². The second-order valence-electron chi connectivity index (χ2n) is 4.55. The summed E-state index contributed by atoms with van der Waals surface area (Å²) in [4.78, 5) is 16.2. The number of hydrogen-bond donors (Lipinski definition) is 2. The Hall–Kier alpha value is -2.60. The van der Waals surface area contributed by atoms with Gasteiger partial charge in [0.15, 0.2) is 0 Å². The van der Waals surface area contributed by atoms with Gasteiger partial charge < -0.3 is 15.2 Å². The van der Waals surface area contributed by atoms with Crippen LogP contribution >= 0.6 is 15.9 Å². The fourth-order valence-corrected chi connectivity index (χ4v) is 2.43. The number of nitrogens with zero attached hydrogens (tertiary/aromatic N) is 2. The number of carbonyl (C=O) groups is 1. The predicted molar refractivity (Wildman–Crippen MR) is 90.3 cm³/mol.